The van der Waals surface area contributed by atoms with Gasteiger partial charge < -0.3 is 14.9 Å². The third-order valence-electron chi connectivity index (χ3n) is 2.30. The lowest BCUT2D eigenvalue weighted by molar-refractivity contribution is -0.159. The summed E-state index contributed by atoms with van der Waals surface area (Å²) in [6, 6.07) is -1.02. The average Bonchev–Trinajstić information content (AvgIpc) is 2.41. The molecule has 0 aromatic carbocycles. The molecule has 0 unspecified atom stereocenters. The third kappa shape index (κ3) is 3.28. The highest BCUT2D eigenvalue weighted by atomic mass is 127. The number of alkyl halides is 1. The summed E-state index contributed by atoms with van der Waals surface area (Å²) in [6.45, 7) is 5.22. The molecule has 6 heteroatoms. The predicted octanol–water partition coefficient (Wildman–Crippen LogP) is -0.175. The lowest BCUT2D eigenvalue weighted by atomic mass is 10.1. The minimum absolute atomic E-state index is 0.107. The Morgan fingerprint density at radius 1 is 1.50 bits per heavy atom. The highest BCUT2D eigenvalue weighted by Crippen LogP contribution is 2.24. The van der Waals surface area contributed by atoms with Crippen LogP contribution in [0, 0.1) is 0 Å². The minimum Gasteiger partial charge on any atom is -0.459 e. The van der Waals surface area contributed by atoms with Gasteiger partial charge in [-0.05, 0) is 20.8 Å². The maximum absolute atomic E-state index is 11.7. The SMILES string of the molecule is CC(C)(C)OC(=O)[C@H]1N[C@H](CO)[C@@H](I)[C@H]1O. The van der Waals surface area contributed by atoms with Crippen LogP contribution in [0.5, 0.6) is 0 Å². The molecule has 16 heavy (non-hydrogen) atoms. The zero-order valence-corrected chi connectivity index (χ0v) is 11.8. The van der Waals surface area contributed by atoms with E-state index in [0.29, 0.717) is 0 Å². The molecule has 1 aliphatic heterocycles. The summed E-state index contributed by atoms with van der Waals surface area (Å²) in [6.07, 6.45) is -0.826. The number of carbonyl (C=O) groups is 1. The van der Waals surface area contributed by atoms with Crippen molar-refractivity contribution in [3.8, 4) is 0 Å². The smallest absolute Gasteiger partial charge is 0.326 e. The van der Waals surface area contributed by atoms with E-state index in [1.165, 1.54) is 0 Å². The molecule has 0 spiro atoms. The number of rotatable bonds is 2. The van der Waals surface area contributed by atoms with Gasteiger partial charge in [-0.15, -0.1) is 0 Å². The van der Waals surface area contributed by atoms with Gasteiger partial charge in [0.15, 0.2) is 0 Å². The molecule has 4 atom stereocenters. The Morgan fingerprint density at radius 2 is 2.06 bits per heavy atom. The summed E-state index contributed by atoms with van der Waals surface area (Å²) in [7, 11) is 0. The van der Waals surface area contributed by atoms with Gasteiger partial charge in [-0.3, -0.25) is 10.1 Å². The molecule has 0 bridgehead atoms. The Morgan fingerprint density at radius 3 is 2.44 bits per heavy atom. The maximum atomic E-state index is 11.7. The van der Waals surface area contributed by atoms with Gasteiger partial charge in [0.2, 0.25) is 0 Å². The largest absolute Gasteiger partial charge is 0.459 e. The monoisotopic (exact) mass is 343 g/mol. The van der Waals surface area contributed by atoms with E-state index in [4.69, 9.17) is 9.84 Å². The zero-order chi connectivity index (χ0) is 12.5. The van der Waals surface area contributed by atoms with Crippen LogP contribution < -0.4 is 5.32 Å². The molecule has 5 nitrogen and oxygen atoms in total. The predicted molar refractivity (Wildman–Crippen MR) is 67.5 cm³/mol. The fourth-order valence-corrected chi connectivity index (χ4v) is 2.42. The van der Waals surface area contributed by atoms with Crippen LogP contribution in [-0.4, -0.2) is 50.5 Å². The first-order valence-electron chi connectivity index (χ1n) is 5.18. The van der Waals surface area contributed by atoms with E-state index in [1.54, 1.807) is 20.8 Å². The molecule has 0 aromatic rings. The standard InChI is InChI=1S/C10H18INO4/c1-10(2,3)16-9(15)7-8(14)6(11)5(4-13)12-7/h5-8,12-14H,4H2,1-3H3/t5-,6-,7+,8-/m1/s1. The van der Waals surface area contributed by atoms with Crippen LogP contribution in [0.3, 0.4) is 0 Å². The van der Waals surface area contributed by atoms with Crippen molar-refractivity contribution in [3.05, 3.63) is 0 Å². The third-order valence-corrected chi connectivity index (χ3v) is 3.91. The topological polar surface area (TPSA) is 78.8 Å². The second-order valence-corrected chi connectivity index (χ2v) is 6.34. The van der Waals surface area contributed by atoms with E-state index >= 15 is 0 Å². The molecular weight excluding hydrogens is 325 g/mol. The number of hydrogen-bond acceptors (Lipinski definition) is 5. The Bertz CT molecular complexity index is 266. The van der Waals surface area contributed by atoms with Crippen molar-refractivity contribution in [2.75, 3.05) is 6.61 Å². The lowest BCUT2D eigenvalue weighted by Crippen LogP contribution is -2.44. The lowest BCUT2D eigenvalue weighted by Gasteiger charge is -2.23. The molecule has 1 saturated heterocycles. The van der Waals surface area contributed by atoms with E-state index in [1.807, 2.05) is 22.6 Å². The number of carbonyl (C=O) groups excluding carboxylic acids is 1. The van der Waals surface area contributed by atoms with Crippen molar-refractivity contribution in [3.63, 3.8) is 0 Å². The Hall–Kier alpha value is 0.0800. The molecule has 0 radical (unpaired) electrons. The molecule has 1 heterocycles. The fourth-order valence-electron chi connectivity index (χ4n) is 1.57. The zero-order valence-electron chi connectivity index (χ0n) is 9.61. The minimum atomic E-state index is -0.826. The van der Waals surface area contributed by atoms with Crippen molar-refractivity contribution in [2.24, 2.45) is 0 Å². The van der Waals surface area contributed by atoms with E-state index in [0.717, 1.165) is 0 Å². The first kappa shape index (κ1) is 14.1. The van der Waals surface area contributed by atoms with Crippen molar-refractivity contribution < 1.29 is 19.7 Å². The number of esters is 1. The maximum Gasteiger partial charge on any atom is 0.326 e. The molecule has 0 saturated carbocycles. The Kier molecular flexibility index (Phi) is 4.56. The van der Waals surface area contributed by atoms with Gasteiger partial charge >= 0.3 is 5.97 Å². The van der Waals surface area contributed by atoms with Gasteiger partial charge in [0.25, 0.3) is 0 Å². The van der Waals surface area contributed by atoms with Gasteiger partial charge in [0.1, 0.15) is 11.6 Å². The van der Waals surface area contributed by atoms with Crippen LogP contribution >= 0.6 is 22.6 Å². The molecule has 1 rings (SSSR count). The Labute approximate surface area is 109 Å². The Balaban J connectivity index is 2.65. The second kappa shape index (κ2) is 5.16. The number of ether oxygens (including phenoxy) is 1. The van der Waals surface area contributed by atoms with Crippen molar-refractivity contribution in [2.45, 2.75) is 48.5 Å². The van der Waals surface area contributed by atoms with Crippen LogP contribution in [0.25, 0.3) is 0 Å². The van der Waals surface area contributed by atoms with Crippen molar-refractivity contribution in [1.29, 1.82) is 0 Å². The molecule has 0 aromatic heterocycles. The molecule has 0 aliphatic carbocycles. The molecule has 3 N–H and O–H groups in total. The average molecular weight is 343 g/mol. The molecule has 94 valence electrons. The van der Waals surface area contributed by atoms with Crippen LogP contribution in [0.4, 0.5) is 0 Å². The number of aliphatic hydroxyl groups is 2. The summed E-state index contributed by atoms with van der Waals surface area (Å²) in [4.78, 5) is 11.7. The first-order valence-corrected chi connectivity index (χ1v) is 6.42. The first-order chi connectivity index (χ1) is 7.26. The van der Waals surface area contributed by atoms with Gasteiger partial charge in [0.05, 0.1) is 16.6 Å². The van der Waals surface area contributed by atoms with Crippen LogP contribution in [0.15, 0.2) is 0 Å². The summed E-state index contributed by atoms with van der Waals surface area (Å²) in [5, 5.41) is 21.8. The molecular formula is C10H18INO4. The van der Waals surface area contributed by atoms with Crippen LogP contribution in [0.2, 0.25) is 0 Å². The quantitative estimate of drug-likeness (QED) is 0.369. The van der Waals surface area contributed by atoms with Gasteiger partial charge in [-0.1, -0.05) is 22.6 Å². The number of halogens is 1. The van der Waals surface area contributed by atoms with Gasteiger partial charge in [-0.25, -0.2) is 0 Å². The van der Waals surface area contributed by atoms with E-state index in [2.05, 4.69) is 5.32 Å². The fraction of sp³-hybridized carbons (Fsp3) is 0.900. The van der Waals surface area contributed by atoms with Crippen LogP contribution in [-0.2, 0) is 9.53 Å². The highest BCUT2D eigenvalue weighted by molar-refractivity contribution is 14.1. The second-order valence-electron chi connectivity index (χ2n) is 4.90. The van der Waals surface area contributed by atoms with E-state index in [-0.39, 0.29) is 16.6 Å². The van der Waals surface area contributed by atoms with Gasteiger partial charge in [0, 0.05) is 6.04 Å². The van der Waals surface area contributed by atoms with E-state index < -0.39 is 23.7 Å². The molecule has 1 fully saturated rings. The summed E-state index contributed by atoms with van der Waals surface area (Å²) in [5.74, 6) is -0.474. The highest BCUT2D eigenvalue weighted by Gasteiger charge is 2.45. The summed E-state index contributed by atoms with van der Waals surface area (Å²) in [5.41, 5.74) is -0.573. The van der Waals surface area contributed by atoms with Crippen molar-refractivity contribution >= 4 is 28.6 Å². The summed E-state index contributed by atoms with van der Waals surface area (Å²) < 4.78 is 4.99. The molecule has 1 aliphatic rings. The van der Waals surface area contributed by atoms with E-state index in [9.17, 15) is 9.90 Å². The number of aliphatic hydroxyl groups excluding tert-OH is 2. The number of hydrogen-bond donors (Lipinski definition) is 3. The molecule has 0 amide bonds. The van der Waals surface area contributed by atoms with Gasteiger partial charge in [-0.2, -0.15) is 0 Å². The van der Waals surface area contributed by atoms with Crippen LogP contribution in [0.1, 0.15) is 20.8 Å². The number of nitrogens with one attached hydrogen (secondary N) is 1. The summed E-state index contributed by atoms with van der Waals surface area (Å²) >= 11 is 2.03. The van der Waals surface area contributed by atoms with Crippen molar-refractivity contribution in [1.82, 2.24) is 5.32 Å². The normalized spacial score (nSPS) is 35.1.